The zero-order valence-corrected chi connectivity index (χ0v) is 10.1. The van der Waals surface area contributed by atoms with Crippen molar-refractivity contribution in [3.8, 4) is 0 Å². The highest BCUT2D eigenvalue weighted by Crippen LogP contribution is 2.03. The van der Waals surface area contributed by atoms with Crippen LogP contribution in [0.5, 0.6) is 0 Å². The third-order valence-electron chi connectivity index (χ3n) is 2.62. The van der Waals surface area contributed by atoms with Crippen molar-refractivity contribution < 1.29 is 4.79 Å². The SMILES string of the molecule is Cl.Cn1ccc(C(=O)NC2CCNCC2)n1. The molecular weight excluding hydrogens is 228 g/mol. The zero-order chi connectivity index (χ0) is 10.7. The Hall–Kier alpha value is -1.07. The zero-order valence-electron chi connectivity index (χ0n) is 9.27. The van der Waals surface area contributed by atoms with Gasteiger partial charge in [0.05, 0.1) is 0 Å². The predicted molar refractivity (Wildman–Crippen MR) is 63.8 cm³/mol. The Kier molecular flexibility index (Phi) is 4.76. The maximum Gasteiger partial charge on any atom is 0.271 e. The fraction of sp³-hybridized carbons (Fsp3) is 0.600. The normalized spacial score (nSPS) is 16.6. The standard InChI is InChI=1S/C10H16N4O.ClH/c1-14-7-4-9(13-14)10(15)12-8-2-5-11-6-3-8;/h4,7-8,11H,2-3,5-6H2,1H3,(H,12,15);1H. The lowest BCUT2D eigenvalue weighted by molar-refractivity contribution is 0.0924. The molecule has 1 amide bonds. The molecule has 2 N–H and O–H groups in total. The average molecular weight is 245 g/mol. The monoisotopic (exact) mass is 244 g/mol. The largest absolute Gasteiger partial charge is 0.348 e. The Morgan fingerprint density at radius 2 is 2.25 bits per heavy atom. The molecule has 1 saturated heterocycles. The number of aromatic nitrogens is 2. The number of nitrogens with zero attached hydrogens (tertiary/aromatic N) is 2. The molecule has 0 unspecified atom stereocenters. The van der Waals surface area contributed by atoms with Gasteiger partial charge >= 0.3 is 0 Å². The van der Waals surface area contributed by atoms with Gasteiger partial charge in [-0.3, -0.25) is 9.48 Å². The number of carbonyl (C=O) groups is 1. The number of piperidine rings is 1. The molecule has 1 aromatic rings. The average Bonchev–Trinajstić information content (AvgIpc) is 2.66. The summed E-state index contributed by atoms with van der Waals surface area (Å²) in [6.45, 7) is 1.96. The van der Waals surface area contributed by atoms with Crippen LogP contribution in [0.3, 0.4) is 0 Å². The molecule has 0 spiro atoms. The first-order valence-corrected chi connectivity index (χ1v) is 5.27. The molecule has 0 bridgehead atoms. The molecule has 6 heteroatoms. The third kappa shape index (κ3) is 3.21. The second-order valence-electron chi connectivity index (χ2n) is 3.87. The van der Waals surface area contributed by atoms with Gasteiger partial charge in [0.2, 0.25) is 0 Å². The highest BCUT2D eigenvalue weighted by Gasteiger charge is 2.17. The molecule has 1 aliphatic rings. The predicted octanol–water partition coefficient (Wildman–Crippen LogP) is 0.324. The minimum Gasteiger partial charge on any atom is -0.348 e. The van der Waals surface area contributed by atoms with E-state index >= 15 is 0 Å². The Morgan fingerprint density at radius 1 is 1.56 bits per heavy atom. The van der Waals surface area contributed by atoms with Crippen LogP contribution in [0.1, 0.15) is 23.3 Å². The van der Waals surface area contributed by atoms with Crippen molar-refractivity contribution >= 4 is 18.3 Å². The first-order valence-electron chi connectivity index (χ1n) is 5.27. The lowest BCUT2D eigenvalue weighted by Crippen LogP contribution is -2.42. The van der Waals surface area contributed by atoms with E-state index in [1.165, 1.54) is 0 Å². The highest BCUT2D eigenvalue weighted by molar-refractivity contribution is 5.92. The maximum absolute atomic E-state index is 11.7. The lowest BCUT2D eigenvalue weighted by atomic mass is 10.1. The third-order valence-corrected chi connectivity index (χ3v) is 2.62. The van der Waals surface area contributed by atoms with E-state index in [9.17, 15) is 4.79 Å². The molecule has 2 heterocycles. The van der Waals surface area contributed by atoms with Crippen LogP contribution >= 0.6 is 12.4 Å². The van der Waals surface area contributed by atoms with Crippen molar-refractivity contribution in [3.05, 3.63) is 18.0 Å². The molecule has 1 aromatic heterocycles. The molecule has 1 fully saturated rings. The smallest absolute Gasteiger partial charge is 0.271 e. The number of hydrogen-bond donors (Lipinski definition) is 2. The number of hydrogen-bond acceptors (Lipinski definition) is 3. The lowest BCUT2D eigenvalue weighted by Gasteiger charge is -2.23. The second kappa shape index (κ2) is 5.86. The molecular formula is C10H17ClN4O. The fourth-order valence-electron chi connectivity index (χ4n) is 1.76. The van der Waals surface area contributed by atoms with Gasteiger partial charge in [0, 0.05) is 19.3 Å². The Morgan fingerprint density at radius 3 is 2.81 bits per heavy atom. The minimum atomic E-state index is -0.0671. The van der Waals surface area contributed by atoms with Crippen LogP contribution in [-0.4, -0.2) is 34.8 Å². The Bertz CT molecular complexity index is 346. The van der Waals surface area contributed by atoms with Crippen LogP contribution in [0.25, 0.3) is 0 Å². The van der Waals surface area contributed by atoms with Crippen molar-refractivity contribution in [2.45, 2.75) is 18.9 Å². The van der Waals surface area contributed by atoms with E-state index in [4.69, 9.17) is 0 Å². The molecule has 16 heavy (non-hydrogen) atoms. The number of amides is 1. The maximum atomic E-state index is 11.7. The van der Waals surface area contributed by atoms with Crippen molar-refractivity contribution in [2.75, 3.05) is 13.1 Å². The fourth-order valence-corrected chi connectivity index (χ4v) is 1.76. The molecule has 0 radical (unpaired) electrons. The number of carbonyl (C=O) groups excluding carboxylic acids is 1. The van der Waals surface area contributed by atoms with Gasteiger partial charge in [0.1, 0.15) is 5.69 Å². The van der Waals surface area contributed by atoms with Gasteiger partial charge in [-0.15, -0.1) is 12.4 Å². The summed E-state index contributed by atoms with van der Waals surface area (Å²) in [5.41, 5.74) is 0.496. The highest BCUT2D eigenvalue weighted by atomic mass is 35.5. The van der Waals surface area contributed by atoms with Gasteiger partial charge in [0.15, 0.2) is 0 Å². The summed E-state index contributed by atoms with van der Waals surface area (Å²) in [6, 6.07) is 2.02. The van der Waals surface area contributed by atoms with Crippen LogP contribution in [0.15, 0.2) is 12.3 Å². The molecule has 0 atom stereocenters. The summed E-state index contributed by atoms with van der Waals surface area (Å²) in [7, 11) is 1.81. The molecule has 0 saturated carbocycles. The van der Waals surface area contributed by atoms with Crippen LogP contribution in [0, 0.1) is 0 Å². The summed E-state index contributed by atoms with van der Waals surface area (Å²) in [6.07, 6.45) is 3.77. The molecule has 0 aliphatic carbocycles. The van der Waals surface area contributed by atoms with Gasteiger partial charge in [-0.2, -0.15) is 5.10 Å². The van der Waals surface area contributed by atoms with E-state index in [2.05, 4.69) is 15.7 Å². The van der Waals surface area contributed by atoms with E-state index < -0.39 is 0 Å². The molecule has 1 aliphatic heterocycles. The first kappa shape index (κ1) is 13.0. The van der Waals surface area contributed by atoms with Gasteiger partial charge in [0.25, 0.3) is 5.91 Å². The summed E-state index contributed by atoms with van der Waals surface area (Å²) < 4.78 is 1.64. The van der Waals surface area contributed by atoms with Gasteiger partial charge in [-0.1, -0.05) is 0 Å². The summed E-state index contributed by atoms with van der Waals surface area (Å²) in [5.74, 6) is -0.0671. The minimum absolute atomic E-state index is 0. The topological polar surface area (TPSA) is 59.0 Å². The van der Waals surface area contributed by atoms with Crippen LogP contribution in [0.4, 0.5) is 0 Å². The number of aryl methyl sites for hydroxylation is 1. The molecule has 90 valence electrons. The van der Waals surface area contributed by atoms with Crippen LogP contribution in [-0.2, 0) is 7.05 Å². The summed E-state index contributed by atoms with van der Waals surface area (Å²) >= 11 is 0. The Labute approximate surface area is 101 Å². The molecule has 5 nitrogen and oxygen atoms in total. The van der Waals surface area contributed by atoms with Crippen molar-refractivity contribution in [3.63, 3.8) is 0 Å². The van der Waals surface area contributed by atoms with E-state index in [1.807, 2.05) is 0 Å². The first-order chi connectivity index (χ1) is 7.25. The number of rotatable bonds is 2. The van der Waals surface area contributed by atoms with E-state index in [-0.39, 0.29) is 18.3 Å². The Balaban J connectivity index is 0.00000128. The molecule has 2 rings (SSSR count). The van der Waals surface area contributed by atoms with E-state index in [1.54, 1.807) is 24.0 Å². The van der Waals surface area contributed by atoms with Crippen LogP contribution < -0.4 is 10.6 Å². The number of halogens is 1. The molecule has 0 aromatic carbocycles. The summed E-state index contributed by atoms with van der Waals surface area (Å²) in [4.78, 5) is 11.7. The quantitative estimate of drug-likeness (QED) is 0.788. The van der Waals surface area contributed by atoms with Crippen LogP contribution in [0.2, 0.25) is 0 Å². The van der Waals surface area contributed by atoms with Gasteiger partial charge < -0.3 is 10.6 Å². The van der Waals surface area contributed by atoms with Crippen molar-refractivity contribution in [1.29, 1.82) is 0 Å². The van der Waals surface area contributed by atoms with Crippen molar-refractivity contribution in [1.82, 2.24) is 20.4 Å². The van der Waals surface area contributed by atoms with Gasteiger partial charge in [-0.25, -0.2) is 0 Å². The summed E-state index contributed by atoms with van der Waals surface area (Å²) in [5, 5.41) is 10.3. The number of nitrogens with one attached hydrogen (secondary N) is 2. The van der Waals surface area contributed by atoms with E-state index in [0.717, 1.165) is 25.9 Å². The van der Waals surface area contributed by atoms with Crippen molar-refractivity contribution in [2.24, 2.45) is 7.05 Å². The van der Waals surface area contributed by atoms with Gasteiger partial charge in [-0.05, 0) is 32.0 Å². The van der Waals surface area contributed by atoms with E-state index in [0.29, 0.717) is 11.7 Å². The second-order valence-corrected chi connectivity index (χ2v) is 3.87.